The summed E-state index contributed by atoms with van der Waals surface area (Å²) in [5, 5.41) is 3.07. The number of hydrogen-bond donors (Lipinski definition) is 1. The summed E-state index contributed by atoms with van der Waals surface area (Å²) in [6.07, 6.45) is 0.754. The normalized spacial score (nSPS) is 18.0. The van der Waals surface area contributed by atoms with E-state index in [4.69, 9.17) is 14.0 Å². The Bertz CT molecular complexity index is 616. The Balaban J connectivity index is 2.11. The number of benzene rings is 1. The van der Waals surface area contributed by atoms with Crippen molar-refractivity contribution in [3.8, 4) is 5.75 Å². The van der Waals surface area contributed by atoms with E-state index < -0.39 is 7.12 Å². The van der Waals surface area contributed by atoms with E-state index in [0.717, 1.165) is 23.2 Å². The second-order valence-corrected chi connectivity index (χ2v) is 7.43. The van der Waals surface area contributed by atoms with Gasteiger partial charge in [0.25, 0.3) is 0 Å². The van der Waals surface area contributed by atoms with Crippen LogP contribution in [0.5, 0.6) is 5.75 Å². The number of hydrogen-bond acceptors (Lipinski definition) is 6. The molecule has 1 aromatic carbocycles. The number of carbonyl (C=O) groups is 1. The Morgan fingerprint density at radius 3 is 2.38 bits per heavy atom. The Hall–Kier alpha value is -1.57. The maximum Gasteiger partial charge on any atom is 0.494 e. The molecular formula is C19H30BNO5. The lowest BCUT2D eigenvalue weighted by molar-refractivity contribution is -0.139. The van der Waals surface area contributed by atoms with Crippen LogP contribution in [0.1, 0.15) is 40.2 Å². The first kappa shape index (κ1) is 20.7. The van der Waals surface area contributed by atoms with Gasteiger partial charge in [-0.05, 0) is 70.7 Å². The van der Waals surface area contributed by atoms with Gasteiger partial charge in [-0.2, -0.15) is 0 Å². The number of esters is 1. The summed E-state index contributed by atoms with van der Waals surface area (Å²) < 4.78 is 22.6. The molecule has 7 heteroatoms. The molecule has 6 nitrogen and oxygen atoms in total. The fraction of sp³-hybridized carbons (Fsp3) is 0.632. The van der Waals surface area contributed by atoms with Gasteiger partial charge in [0.2, 0.25) is 0 Å². The van der Waals surface area contributed by atoms with Crippen molar-refractivity contribution in [1.29, 1.82) is 0 Å². The van der Waals surface area contributed by atoms with Gasteiger partial charge in [-0.3, -0.25) is 4.79 Å². The quantitative estimate of drug-likeness (QED) is 0.431. The number of rotatable bonds is 8. The lowest BCUT2D eigenvalue weighted by Crippen LogP contribution is -2.41. The Morgan fingerprint density at radius 1 is 1.15 bits per heavy atom. The highest BCUT2D eigenvalue weighted by molar-refractivity contribution is 6.62. The first-order valence-corrected chi connectivity index (χ1v) is 9.08. The zero-order chi connectivity index (χ0) is 19.4. The highest BCUT2D eigenvalue weighted by Gasteiger charge is 2.51. The summed E-state index contributed by atoms with van der Waals surface area (Å²) in [5.74, 6) is 0.522. The third kappa shape index (κ3) is 4.99. The molecule has 1 saturated heterocycles. The van der Waals surface area contributed by atoms with Crippen LogP contribution >= 0.6 is 0 Å². The van der Waals surface area contributed by atoms with Crippen LogP contribution in [-0.4, -0.2) is 51.1 Å². The van der Waals surface area contributed by atoms with Crippen LogP contribution in [0.3, 0.4) is 0 Å². The zero-order valence-electron chi connectivity index (χ0n) is 16.7. The van der Waals surface area contributed by atoms with E-state index in [0.29, 0.717) is 13.2 Å². The lowest BCUT2D eigenvalue weighted by Gasteiger charge is -2.32. The molecule has 0 radical (unpaired) electrons. The van der Waals surface area contributed by atoms with Gasteiger partial charge in [0.15, 0.2) is 0 Å². The molecule has 0 spiro atoms. The van der Waals surface area contributed by atoms with Crippen molar-refractivity contribution in [1.82, 2.24) is 5.32 Å². The minimum absolute atomic E-state index is 0.200. The second-order valence-electron chi connectivity index (χ2n) is 7.43. The van der Waals surface area contributed by atoms with Gasteiger partial charge in [0.1, 0.15) is 5.75 Å². The van der Waals surface area contributed by atoms with E-state index in [2.05, 4.69) is 16.1 Å². The fourth-order valence-electron chi connectivity index (χ4n) is 2.69. The van der Waals surface area contributed by atoms with E-state index in [1.165, 1.54) is 7.11 Å². The number of methoxy groups -OCH3 is 1. The van der Waals surface area contributed by atoms with Crippen molar-refractivity contribution < 1.29 is 23.6 Å². The molecule has 0 saturated carbocycles. The van der Waals surface area contributed by atoms with E-state index >= 15 is 0 Å². The second kappa shape index (κ2) is 8.42. The van der Waals surface area contributed by atoms with Crippen molar-refractivity contribution in [3.05, 3.63) is 23.8 Å². The molecule has 1 aliphatic heterocycles. The SMILES string of the molecule is CCOc1cc(CCNCC(=O)OC)cc(B2OC(C)(C)C(C)(C)O2)c1. The van der Waals surface area contributed by atoms with E-state index in [-0.39, 0.29) is 23.7 Å². The standard InChI is InChI=1S/C19H30BNO5/c1-7-24-16-11-14(8-9-21-13-17(22)23-6)10-15(12-16)20-25-18(2,3)19(4,5)26-20/h10-12,21H,7-9,13H2,1-6H3. The van der Waals surface area contributed by atoms with Crippen LogP contribution in [0.15, 0.2) is 18.2 Å². The molecule has 2 rings (SSSR count). The topological polar surface area (TPSA) is 66.0 Å². The Labute approximate surface area is 156 Å². The van der Waals surface area contributed by atoms with Crippen molar-refractivity contribution in [2.24, 2.45) is 0 Å². The summed E-state index contributed by atoms with van der Waals surface area (Å²) in [4.78, 5) is 11.2. The predicted molar refractivity (Wildman–Crippen MR) is 102 cm³/mol. The summed E-state index contributed by atoms with van der Waals surface area (Å²) >= 11 is 0. The van der Waals surface area contributed by atoms with Gasteiger partial charge in [0.05, 0.1) is 31.5 Å². The third-order valence-corrected chi connectivity index (χ3v) is 4.91. The summed E-state index contributed by atoms with van der Waals surface area (Å²) in [6.45, 7) is 11.6. The molecule has 0 unspecified atom stereocenters. The highest BCUT2D eigenvalue weighted by Crippen LogP contribution is 2.36. The van der Waals surface area contributed by atoms with Crippen molar-refractivity contribution >= 4 is 18.6 Å². The third-order valence-electron chi connectivity index (χ3n) is 4.91. The van der Waals surface area contributed by atoms with Crippen LogP contribution in [0.4, 0.5) is 0 Å². The van der Waals surface area contributed by atoms with Gasteiger partial charge < -0.3 is 24.1 Å². The minimum Gasteiger partial charge on any atom is -0.494 e. The Kier molecular flexibility index (Phi) is 6.72. The smallest absolute Gasteiger partial charge is 0.494 e. The molecule has 1 fully saturated rings. The number of ether oxygens (including phenoxy) is 2. The van der Waals surface area contributed by atoms with E-state index in [1.54, 1.807) is 0 Å². The average Bonchev–Trinajstić information content (AvgIpc) is 2.79. The fourth-order valence-corrected chi connectivity index (χ4v) is 2.69. The molecular weight excluding hydrogens is 333 g/mol. The van der Waals surface area contributed by atoms with Gasteiger partial charge >= 0.3 is 13.1 Å². The van der Waals surface area contributed by atoms with Gasteiger partial charge in [-0.15, -0.1) is 0 Å². The minimum atomic E-state index is -0.429. The van der Waals surface area contributed by atoms with E-state index in [1.807, 2.05) is 46.8 Å². The monoisotopic (exact) mass is 363 g/mol. The van der Waals surface area contributed by atoms with Crippen LogP contribution in [0.2, 0.25) is 0 Å². The molecule has 26 heavy (non-hydrogen) atoms. The molecule has 0 aromatic heterocycles. The summed E-state index contributed by atoms with van der Waals surface area (Å²) in [5.41, 5.74) is 1.26. The largest absolute Gasteiger partial charge is 0.494 e. The molecule has 1 aliphatic rings. The summed E-state index contributed by atoms with van der Waals surface area (Å²) in [7, 11) is 0.953. The van der Waals surface area contributed by atoms with Crippen molar-refractivity contribution in [2.75, 3.05) is 26.8 Å². The molecule has 1 N–H and O–H groups in total. The number of nitrogens with one attached hydrogen (secondary N) is 1. The molecule has 0 atom stereocenters. The molecule has 0 aliphatic carbocycles. The van der Waals surface area contributed by atoms with Crippen LogP contribution in [0.25, 0.3) is 0 Å². The van der Waals surface area contributed by atoms with Gasteiger partial charge in [-0.25, -0.2) is 0 Å². The molecule has 144 valence electrons. The number of carbonyl (C=O) groups excluding carboxylic acids is 1. The van der Waals surface area contributed by atoms with Crippen molar-refractivity contribution in [3.63, 3.8) is 0 Å². The van der Waals surface area contributed by atoms with Gasteiger partial charge in [0, 0.05) is 0 Å². The first-order chi connectivity index (χ1) is 12.2. The lowest BCUT2D eigenvalue weighted by atomic mass is 9.78. The molecule has 1 aromatic rings. The zero-order valence-corrected chi connectivity index (χ0v) is 16.7. The molecule has 0 amide bonds. The highest BCUT2D eigenvalue weighted by atomic mass is 16.7. The van der Waals surface area contributed by atoms with Crippen molar-refractivity contribution in [2.45, 2.75) is 52.2 Å². The summed E-state index contributed by atoms with van der Waals surface area (Å²) in [6, 6.07) is 6.06. The first-order valence-electron chi connectivity index (χ1n) is 9.08. The van der Waals surface area contributed by atoms with Crippen LogP contribution in [-0.2, 0) is 25.3 Å². The molecule has 1 heterocycles. The maximum absolute atomic E-state index is 11.2. The van der Waals surface area contributed by atoms with E-state index in [9.17, 15) is 4.79 Å². The van der Waals surface area contributed by atoms with Crippen LogP contribution < -0.4 is 15.5 Å². The Morgan fingerprint density at radius 2 is 1.81 bits per heavy atom. The average molecular weight is 363 g/mol. The molecule has 0 bridgehead atoms. The maximum atomic E-state index is 11.2. The predicted octanol–water partition coefficient (Wildman–Crippen LogP) is 1.69. The van der Waals surface area contributed by atoms with Gasteiger partial charge in [-0.1, -0.05) is 6.07 Å². The van der Waals surface area contributed by atoms with Crippen LogP contribution in [0, 0.1) is 0 Å².